The van der Waals surface area contributed by atoms with Gasteiger partial charge >= 0.3 is 0 Å². The lowest BCUT2D eigenvalue weighted by atomic mass is 10.2. The van der Waals surface area contributed by atoms with Gasteiger partial charge in [0.1, 0.15) is 11.5 Å². The smallest absolute Gasteiger partial charge is 0.265 e. The molecule has 1 fully saturated rings. The standard InChI is InChI=1S/C18H19F2N5O/c1-26-15-9-21-7-13(15)24-16-4-2-3-12(23-16)14-8-22-17-6-5-11(18(19)20)10-25(14)17/h2-6,8,10,13,15,18,21H,7,9H2,1H3,(H,23,24)/t13-,15-/m0/s1. The molecule has 0 saturated carbocycles. The molecule has 3 aromatic rings. The summed E-state index contributed by atoms with van der Waals surface area (Å²) < 4.78 is 33.1. The first-order valence-corrected chi connectivity index (χ1v) is 8.38. The molecule has 2 N–H and O–H groups in total. The number of anilines is 1. The van der Waals surface area contributed by atoms with E-state index >= 15 is 0 Å². The Morgan fingerprint density at radius 3 is 2.96 bits per heavy atom. The van der Waals surface area contributed by atoms with Crippen molar-refractivity contribution >= 4 is 11.5 Å². The summed E-state index contributed by atoms with van der Waals surface area (Å²) in [5.74, 6) is 0.707. The number of imidazole rings is 1. The SMILES string of the molecule is CO[C@H]1CNC[C@@H]1Nc1cccc(-c2cnc3ccc(C(F)F)cn23)n1. The Labute approximate surface area is 149 Å². The van der Waals surface area contributed by atoms with Crippen LogP contribution in [0.25, 0.3) is 17.0 Å². The lowest BCUT2D eigenvalue weighted by Crippen LogP contribution is -2.33. The van der Waals surface area contributed by atoms with Crippen molar-refractivity contribution in [2.24, 2.45) is 0 Å². The number of aromatic nitrogens is 3. The van der Waals surface area contributed by atoms with Crippen molar-refractivity contribution in [3.63, 3.8) is 0 Å². The predicted octanol–water partition coefficient (Wildman–Crippen LogP) is 2.73. The second kappa shape index (κ2) is 6.97. The van der Waals surface area contributed by atoms with E-state index in [0.29, 0.717) is 22.9 Å². The number of nitrogens with one attached hydrogen (secondary N) is 2. The Morgan fingerprint density at radius 1 is 1.27 bits per heavy atom. The van der Waals surface area contributed by atoms with E-state index in [1.54, 1.807) is 23.8 Å². The minimum absolute atomic E-state index is 0.0500. The first-order chi connectivity index (χ1) is 12.7. The van der Waals surface area contributed by atoms with Crippen molar-refractivity contribution in [1.29, 1.82) is 0 Å². The van der Waals surface area contributed by atoms with Gasteiger partial charge in [-0.2, -0.15) is 0 Å². The fourth-order valence-corrected chi connectivity index (χ4v) is 3.21. The maximum Gasteiger partial charge on any atom is 0.265 e. The zero-order chi connectivity index (χ0) is 18.1. The van der Waals surface area contributed by atoms with Crippen molar-refractivity contribution in [1.82, 2.24) is 19.7 Å². The van der Waals surface area contributed by atoms with Crippen molar-refractivity contribution in [2.75, 3.05) is 25.5 Å². The Kier molecular flexibility index (Phi) is 4.52. The number of rotatable bonds is 5. The number of alkyl halides is 2. The van der Waals surface area contributed by atoms with Crippen LogP contribution in [0.5, 0.6) is 0 Å². The van der Waals surface area contributed by atoms with Crippen molar-refractivity contribution in [3.8, 4) is 11.4 Å². The van der Waals surface area contributed by atoms with Crippen LogP contribution in [0.3, 0.4) is 0 Å². The van der Waals surface area contributed by atoms with Gasteiger partial charge in [-0.05, 0) is 24.3 Å². The average molecular weight is 359 g/mol. The summed E-state index contributed by atoms with van der Waals surface area (Å²) in [6, 6.07) is 8.69. The van der Waals surface area contributed by atoms with Crippen LogP contribution in [0.1, 0.15) is 12.0 Å². The minimum Gasteiger partial charge on any atom is -0.378 e. The molecule has 1 aliphatic rings. The van der Waals surface area contributed by atoms with E-state index in [9.17, 15) is 8.78 Å². The Hall–Kier alpha value is -2.58. The van der Waals surface area contributed by atoms with E-state index in [1.165, 1.54) is 12.3 Å². The van der Waals surface area contributed by atoms with Gasteiger partial charge in [0.05, 0.1) is 29.7 Å². The van der Waals surface area contributed by atoms with Gasteiger partial charge in [-0.1, -0.05) is 6.07 Å². The summed E-state index contributed by atoms with van der Waals surface area (Å²) in [4.78, 5) is 8.91. The van der Waals surface area contributed by atoms with Crippen molar-refractivity contribution < 1.29 is 13.5 Å². The van der Waals surface area contributed by atoms with Gasteiger partial charge in [-0.15, -0.1) is 0 Å². The van der Waals surface area contributed by atoms with Crippen LogP contribution in [0, 0.1) is 0 Å². The molecule has 1 saturated heterocycles. The number of nitrogens with zero attached hydrogens (tertiary/aromatic N) is 3. The summed E-state index contributed by atoms with van der Waals surface area (Å²) in [7, 11) is 1.69. The largest absolute Gasteiger partial charge is 0.378 e. The number of hydrogen-bond acceptors (Lipinski definition) is 5. The van der Waals surface area contributed by atoms with Crippen LogP contribution in [-0.4, -0.2) is 46.7 Å². The number of fused-ring (bicyclic) bond motifs is 1. The second-order valence-corrected chi connectivity index (χ2v) is 6.23. The van der Waals surface area contributed by atoms with Crippen LogP contribution in [0.4, 0.5) is 14.6 Å². The molecular weight excluding hydrogens is 340 g/mol. The third-order valence-electron chi connectivity index (χ3n) is 4.59. The van der Waals surface area contributed by atoms with E-state index in [0.717, 1.165) is 13.1 Å². The zero-order valence-corrected chi connectivity index (χ0v) is 14.2. The molecule has 3 aromatic heterocycles. The molecule has 2 atom stereocenters. The fourth-order valence-electron chi connectivity index (χ4n) is 3.21. The molecule has 4 heterocycles. The number of halogens is 2. The maximum atomic E-state index is 13.0. The monoisotopic (exact) mass is 359 g/mol. The normalized spacial score (nSPS) is 20.2. The molecular formula is C18H19F2N5O. The van der Waals surface area contributed by atoms with Gasteiger partial charge in [-0.3, -0.25) is 4.40 Å². The molecule has 0 aliphatic carbocycles. The van der Waals surface area contributed by atoms with Gasteiger partial charge in [0.25, 0.3) is 6.43 Å². The molecule has 26 heavy (non-hydrogen) atoms. The highest BCUT2D eigenvalue weighted by Gasteiger charge is 2.27. The summed E-state index contributed by atoms with van der Waals surface area (Å²) in [6.07, 6.45) is 0.596. The maximum absolute atomic E-state index is 13.0. The highest BCUT2D eigenvalue weighted by atomic mass is 19.3. The quantitative estimate of drug-likeness (QED) is 0.733. The molecule has 8 heteroatoms. The Morgan fingerprint density at radius 2 is 2.15 bits per heavy atom. The van der Waals surface area contributed by atoms with Gasteiger partial charge < -0.3 is 15.4 Å². The highest BCUT2D eigenvalue weighted by Crippen LogP contribution is 2.25. The number of pyridine rings is 2. The molecule has 1 aliphatic heterocycles. The van der Waals surface area contributed by atoms with Crippen LogP contribution < -0.4 is 10.6 Å². The molecule has 0 spiro atoms. The second-order valence-electron chi connectivity index (χ2n) is 6.23. The summed E-state index contributed by atoms with van der Waals surface area (Å²) >= 11 is 0. The van der Waals surface area contributed by atoms with E-state index in [4.69, 9.17) is 4.74 Å². The minimum atomic E-state index is -2.53. The van der Waals surface area contributed by atoms with E-state index in [-0.39, 0.29) is 17.7 Å². The van der Waals surface area contributed by atoms with E-state index in [2.05, 4.69) is 20.6 Å². The van der Waals surface area contributed by atoms with Gasteiger partial charge in [0.2, 0.25) is 0 Å². The summed E-state index contributed by atoms with van der Waals surface area (Å²) in [6.45, 7) is 1.58. The topological polar surface area (TPSA) is 63.5 Å². The number of ether oxygens (including phenoxy) is 1. The molecule has 0 radical (unpaired) electrons. The molecule has 136 valence electrons. The van der Waals surface area contributed by atoms with Crippen molar-refractivity contribution in [2.45, 2.75) is 18.6 Å². The van der Waals surface area contributed by atoms with E-state index in [1.807, 2.05) is 18.2 Å². The van der Waals surface area contributed by atoms with Crippen LogP contribution in [0.15, 0.2) is 42.7 Å². The first-order valence-electron chi connectivity index (χ1n) is 8.38. The molecule has 4 rings (SSSR count). The molecule has 0 bridgehead atoms. The molecule has 6 nitrogen and oxygen atoms in total. The first kappa shape index (κ1) is 16.9. The third-order valence-corrected chi connectivity index (χ3v) is 4.59. The van der Waals surface area contributed by atoms with Gasteiger partial charge in [0.15, 0.2) is 0 Å². The molecule has 0 amide bonds. The number of hydrogen-bond donors (Lipinski definition) is 2. The van der Waals surface area contributed by atoms with Crippen LogP contribution in [-0.2, 0) is 4.74 Å². The van der Waals surface area contributed by atoms with Crippen LogP contribution in [0.2, 0.25) is 0 Å². The lowest BCUT2D eigenvalue weighted by molar-refractivity contribution is 0.111. The highest BCUT2D eigenvalue weighted by molar-refractivity contribution is 5.62. The Bertz CT molecular complexity index is 913. The third kappa shape index (κ3) is 3.13. The van der Waals surface area contributed by atoms with Gasteiger partial charge in [0, 0.05) is 32.0 Å². The molecule has 0 aromatic carbocycles. The molecule has 0 unspecified atom stereocenters. The van der Waals surface area contributed by atoms with Crippen molar-refractivity contribution in [3.05, 3.63) is 48.3 Å². The van der Waals surface area contributed by atoms with Crippen LogP contribution >= 0.6 is 0 Å². The lowest BCUT2D eigenvalue weighted by Gasteiger charge is -2.19. The Balaban J connectivity index is 1.66. The fraction of sp³-hybridized carbons (Fsp3) is 0.333. The zero-order valence-electron chi connectivity index (χ0n) is 14.2. The number of methoxy groups -OCH3 is 1. The van der Waals surface area contributed by atoms with E-state index < -0.39 is 6.43 Å². The van der Waals surface area contributed by atoms with Gasteiger partial charge in [-0.25, -0.2) is 18.7 Å². The summed E-state index contributed by atoms with van der Waals surface area (Å²) in [5, 5.41) is 6.65. The average Bonchev–Trinajstić information content (AvgIpc) is 3.27. The predicted molar refractivity (Wildman–Crippen MR) is 94.5 cm³/mol. The summed E-state index contributed by atoms with van der Waals surface area (Å²) in [5.41, 5.74) is 1.88.